The van der Waals surface area contributed by atoms with Gasteiger partial charge in [-0.2, -0.15) is 0 Å². The number of nitrogens with two attached hydrogens (primary N) is 1. The standard InChI is InChI=1S/C21H25N3O/c22-20(25)21(23-17-7-2-1-3-8-17)12-14-24(15-13-21)19-11-10-16-6-4-5-9-18(16)19/h1-9,19,23H,10-15H2,(H2,22,25)/t19-/m0/s1. The van der Waals surface area contributed by atoms with Crippen LogP contribution in [-0.4, -0.2) is 29.4 Å². The van der Waals surface area contributed by atoms with Gasteiger partial charge in [0.1, 0.15) is 5.54 Å². The number of carbonyl (C=O) groups is 1. The van der Waals surface area contributed by atoms with E-state index < -0.39 is 5.54 Å². The van der Waals surface area contributed by atoms with Crippen LogP contribution in [0.5, 0.6) is 0 Å². The first kappa shape index (κ1) is 16.2. The number of anilines is 1. The van der Waals surface area contributed by atoms with Gasteiger partial charge in [-0.3, -0.25) is 9.69 Å². The van der Waals surface area contributed by atoms with Crippen LogP contribution in [0.15, 0.2) is 54.6 Å². The number of aryl methyl sites for hydroxylation is 1. The van der Waals surface area contributed by atoms with Crippen molar-refractivity contribution in [3.05, 3.63) is 65.7 Å². The van der Waals surface area contributed by atoms with E-state index in [0.717, 1.165) is 38.0 Å². The van der Waals surface area contributed by atoms with E-state index >= 15 is 0 Å². The maximum absolute atomic E-state index is 12.2. The monoisotopic (exact) mass is 335 g/mol. The highest BCUT2D eigenvalue weighted by Gasteiger charge is 2.42. The molecule has 0 bridgehead atoms. The van der Waals surface area contributed by atoms with Crippen molar-refractivity contribution < 1.29 is 4.79 Å². The maximum atomic E-state index is 12.2. The third-order valence-corrected chi connectivity index (χ3v) is 5.82. The number of piperidine rings is 1. The highest BCUT2D eigenvalue weighted by Crippen LogP contribution is 2.38. The molecule has 1 saturated heterocycles. The van der Waals surface area contributed by atoms with Crippen molar-refractivity contribution in [3.8, 4) is 0 Å². The molecule has 2 aromatic carbocycles. The first-order valence-corrected chi connectivity index (χ1v) is 9.13. The van der Waals surface area contributed by atoms with Crippen LogP contribution in [0, 0.1) is 0 Å². The Morgan fingerprint density at radius 2 is 1.72 bits per heavy atom. The zero-order chi connectivity index (χ0) is 17.3. The van der Waals surface area contributed by atoms with Gasteiger partial charge in [-0.1, -0.05) is 42.5 Å². The Bertz CT molecular complexity index is 751. The molecule has 0 saturated carbocycles. The smallest absolute Gasteiger partial charge is 0.243 e. The number of likely N-dealkylation sites (tertiary alicyclic amines) is 1. The zero-order valence-electron chi connectivity index (χ0n) is 14.4. The van der Waals surface area contributed by atoms with Crippen LogP contribution >= 0.6 is 0 Å². The summed E-state index contributed by atoms with van der Waals surface area (Å²) >= 11 is 0. The van der Waals surface area contributed by atoms with Gasteiger partial charge in [-0.05, 0) is 48.9 Å². The fraction of sp³-hybridized carbons (Fsp3) is 0.381. The molecule has 1 aliphatic carbocycles. The number of nitrogens with zero attached hydrogens (tertiary/aromatic N) is 1. The predicted octanol–water partition coefficient (Wildman–Crippen LogP) is 3.11. The second-order valence-corrected chi connectivity index (χ2v) is 7.23. The fourth-order valence-electron chi connectivity index (χ4n) is 4.36. The van der Waals surface area contributed by atoms with Crippen molar-refractivity contribution in [3.63, 3.8) is 0 Å². The summed E-state index contributed by atoms with van der Waals surface area (Å²) in [5, 5.41) is 3.42. The number of fused-ring (bicyclic) bond motifs is 1. The summed E-state index contributed by atoms with van der Waals surface area (Å²) in [5.41, 5.74) is 9.06. The van der Waals surface area contributed by atoms with E-state index in [9.17, 15) is 4.79 Å². The topological polar surface area (TPSA) is 58.4 Å². The highest BCUT2D eigenvalue weighted by atomic mass is 16.1. The molecule has 1 amide bonds. The Hall–Kier alpha value is -2.33. The van der Waals surface area contributed by atoms with E-state index in [2.05, 4.69) is 34.5 Å². The maximum Gasteiger partial charge on any atom is 0.243 e. The van der Waals surface area contributed by atoms with Crippen molar-refractivity contribution in [2.24, 2.45) is 5.73 Å². The summed E-state index contributed by atoms with van der Waals surface area (Å²) in [6.07, 6.45) is 3.82. The summed E-state index contributed by atoms with van der Waals surface area (Å²) in [6.45, 7) is 1.78. The molecule has 25 heavy (non-hydrogen) atoms. The molecule has 0 unspecified atom stereocenters. The lowest BCUT2D eigenvalue weighted by atomic mass is 9.85. The molecule has 1 heterocycles. The minimum atomic E-state index is -0.643. The first-order chi connectivity index (χ1) is 12.2. The lowest BCUT2D eigenvalue weighted by Gasteiger charge is -2.43. The average molecular weight is 335 g/mol. The molecule has 1 aliphatic heterocycles. The van der Waals surface area contributed by atoms with Crippen LogP contribution in [0.4, 0.5) is 5.69 Å². The minimum absolute atomic E-state index is 0.247. The van der Waals surface area contributed by atoms with Crippen LogP contribution in [-0.2, 0) is 11.2 Å². The third kappa shape index (κ3) is 3.02. The molecule has 130 valence electrons. The number of hydrogen-bond acceptors (Lipinski definition) is 3. The summed E-state index contributed by atoms with van der Waals surface area (Å²) in [5.74, 6) is -0.247. The Kier molecular flexibility index (Phi) is 4.22. The number of primary amides is 1. The number of nitrogens with one attached hydrogen (secondary N) is 1. The van der Waals surface area contributed by atoms with Crippen LogP contribution < -0.4 is 11.1 Å². The van der Waals surface area contributed by atoms with Gasteiger partial charge >= 0.3 is 0 Å². The number of hydrogen-bond donors (Lipinski definition) is 2. The summed E-state index contributed by atoms with van der Waals surface area (Å²) < 4.78 is 0. The average Bonchev–Trinajstić information content (AvgIpc) is 3.07. The van der Waals surface area contributed by atoms with Crippen molar-refractivity contribution in [2.75, 3.05) is 18.4 Å². The lowest BCUT2D eigenvalue weighted by Crippen LogP contribution is -2.57. The second kappa shape index (κ2) is 6.52. The van der Waals surface area contributed by atoms with Gasteiger partial charge in [0.05, 0.1) is 0 Å². The van der Waals surface area contributed by atoms with E-state index in [0.29, 0.717) is 6.04 Å². The van der Waals surface area contributed by atoms with E-state index in [-0.39, 0.29) is 5.91 Å². The first-order valence-electron chi connectivity index (χ1n) is 9.13. The quantitative estimate of drug-likeness (QED) is 0.902. The third-order valence-electron chi connectivity index (χ3n) is 5.82. The molecular weight excluding hydrogens is 310 g/mol. The molecule has 0 aromatic heterocycles. The van der Waals surface area contributed by atoms with E-state index in [1.165, 1.54) is 17.5 Å². The van der Waals surface area contributed by atoms with Gasteiger partial charge in [-0.25, -0.2) is 0 Å². The Labute approximate surface area is 149 Å². The lowest BCUT2D eigenvalue weighted by molar-refractivity contribution is -0.124. The number of para-hydroxylation sites is 1. The Morgan fingerprint density at radius 1 is 1.04 bits per heavy atom. The van der Waals surface area contributed by atoms with Gasteiger partial charge in [0, 0.05) is 24.8 Å². The van der Waals surface area contributed by atoms with Crippen molar-refractivity contribution in [1.29, 1.82) is 0 Å². The van der Waals surface area contributed by atoms with Crippen LogP contribution in [0.1, 0.15) is 36.4 Å². The number of amides is 1. The molecule has 2 aliphatic rings. The Morgan fingerprint density at radius 3 is 2.44 bits per heavy atom. The fourth-order valence-corrected chi connectivity index (χ4v) is 4.36. The molecule has 0 spiro atoms. The van der Waals surface area contributed by atoms with Gasteiger partial charge in [0.25, 0.3) is 0 Å². The largest absolute Gasteiger partial charge is 0.371 e. The van der Waals surface area contributed by atoms with Crippen molar-refractivity contribution in [1.82, 2.24) is 4.90 Å². The highest BCUT2D eigenvalue weighted by molar-refractivity contribution is 5.88. The molecule has 1 fully saturated rings. The minimum Gasteiger partial charge on any atom is -0.371 e. The summed E-state index contributed by atoms with van der Waals surface area (Å²) in [6, 6.07) is 19.1. The summed E-state index contributed by atoms with van der Waals surface area (Å²) in [7, 11) is 0. The van der Waals surface area contributed by atoms with Crippen LogP contribution in [0.25, 0.3) is 0 Å². The normalized spacial score (nSPS) is 22.3. The van der Waals surface area contributed by atoms with E-state index in [4.69, 9.17) is 5.73 Å². The summed E-state index contributed by atoms with van der Waals surface area (Å²) in [4.78, 5) is 14.8. The predicted molar refractivity (Wildman–Crippen MR) is 100 cm³/mol. The molecular formula is C21H25N3O. The number of rotatable bonds is 4. The van der Waals surface area contributed by atoms with Gasteiger partial charge in [0.15, 0.2) is 0 Å². The second-order valence-electron chi connectivity index (χ2n) is 7.23. The molecule has 0 radical (unpaired) electrons. The van der Waals surface area contributed by atoms with E-state index in [1.54, 1.807) is 0 Å². The SMILES string of the molecule is NC(=O)C1(Nc2ccccc2)CCN([C@H]2CCc3ccccc32)CC1. The van der Waals surface area contributed by atoms with Gasteiger partial charge in [-0.15, -0.1) is 0 Å². The molecule has 4 nitrogen and oxygen atoms in total. The van der Waals surface area contributed by atoms with Crippen molar-refractivity contribution in [2.45, 2.75) is 37.3 Å². The van der Waals surface area contributed by atoms with Gasteiger partial charge in [0.2, 0.25) is 5.91 Å². The molecule has 4 heteroatoms. The molecule has 2 aromatic rings. The Balaban J connectivity index is 1.49. The van der Waals surface area contributed by atoms with Gasteiger partial charge < -0.3 is 11.1 Å². The van der Waals surface area contributed by atoms with Crippen LogP contribution in [0.2, 0.25) is 0 Å². The van der Waals surface area contributed by atoms with Crippen LogP contribution in [0.3, 0.4) is 0 Å². The molecule has 1 atom stereocenters. The molecule has 4 rings (SSSR count). The molecule has 3 N–H and O–H groups in total. The zero-order valence-corrected chi connectivity index (χ0v) is 14.4. The number of carbonyl (C=O) groups excluding carboxylic acids is 1. The van der Waals surface area contributed by atoms with Crippen molar-refractivity contribution >= 4 is 11.6 Å². The number of benzene rings is 2. The van der Waals surface area contributed by atoms with E-state index in [1.807, 2.05) is 30.3 Å².